The first-order valence-corrected chi connectivity index (χ1v) is 5.94. The molecule has 0 bridgehead atoms. The predicted molar refractivity (Wildman–Crippen MR) is 70.7 cm³/mol. The van der Waals surface area contributed by atoms with Crippen molar-refractivity contribution in [3.63, 3.8) is 0 Å². The van der Waals surface area contributed by atoms with Gasteiger partial charge in [0.15, 0.2) is 5.69 Å². The van der Waals surface area contributed by atoms with Gasteiger partial charge < -0.3 is 5.73 Å². The summed E-state index contributed by atoms with van der Waals surface area (Å²) >= 11 is 0. The minimum absolute atomic E-state index is 0.183. The molecule has 1 unspecified atom stereocenters. The van der Waals surface area contributed by atoms with Crippen molar-refractivity contribution in [2.45, 2.75) is 25.7 Å². The van der Waals surface area contributed by atoms with E-state index in [9.17, 15) is 9.59 Å². The van der Waals surface area contributed by atoms with E-state index in [4.69, 9.17) is 5.73 Å². The van der Waals surface area contributed by atoms with E-state index in [-0.39, 0.29) is 11.3 Å². The summed E-state index contributed by atoms with van der Waals surface area (Å²) in [7, 11) is 1.56. The van der Waals surface area contributed by atoms with Crippen molar-refractivity contribution >= 4 is 17.6 Å². The lowest BCUT2D eigenvalue weighted by atomic mass is 9.80. The van der Waals surface area contributed by atoms with Crippen LogP contribution in [0.5, 0.6) is 0 Å². The van der Waals surface area contributed by atoms with Crippen LogP contribution in [-0.2, 0) is 10.2 Å². The molecule has 2 N–H and O–H groups in total. The second-order valence-corrected chi connectivity index (χ2v) is 5.49. The maximum atomic E-state index is 12.2. The van der Waals surface area contributed by atoms with Gasteiger partial charge in [0.05, 0.1) is 13.5 Å². The molecule has 3 amide bonds. The zero-order valence-electron chi connectivity index (χ0n) is 10.9. The Morgan fingerprint density at radius 2 is 1.94 bits per heavy atom. The molecule has 4 nitrogen and oxygen atoms in total. The van der Waals surface area contributed by atoms with Gasteiger partial charge in [0.25, 0.3) is 0 Å². The summed E-state index contributed by atoms with van der Waals surface area (Å²) in [5, 5.41) is 0. The highest BCUT2D eigenvalue weighted by molar-refractivity contribution is 6.11. The molecule has 0 saturated heterocycles. The first-order valence-electron chi connectivity index (χ1n) is 5.94. The second-order valence-electron chi connectivity index (χ2n) is 5.49. The van der Waals surface area contributed by atoms with E-state index in [1.807, 2.05) is 18.2 Å². The summed E-state index contributed by atoms with van der Waals surface area (Å²) in [6.07, 6.45) is 2.18. The van der Waals surface area contributed by atoms with Crippen molar-refractivity contribution < 1.29 is 9.59 Å². The van der Waals surface area contributed by atoms with Crippen molar-refractivity contribution in [2.24, 2.45) is 5.73 Å². The summed E-state index contributed by atoms with van der Waals surface area (Å²) in [6, 6.07) is 6.86. The van der Waals surface area contributed by atoms with Crippen LogP contribution >= 0.6 is 0 Å². The van der Waals surface area contributed by atoms with Crippen molar-refractivity contribution in [2.75, 3.05) is 7.05 Å². The molecule has 4 heteroatoms. The number of nitrogens with zero attached hydrogens (tertiary/aromatic N) is 1. The number of nitrogens with two attached hydrogens (primary N) is 1. The number of imide groups is 1. The van der Waals surface area contributed by atoms with Crippen molar-refractivity contribution in [1.82, 2.24) is 4.48 Å². The maximum Gasteiger partial charge on any atom is 0.426 e. The zero-order valence-corrected chi connectivity index (χ0v) is 10.9. The van der Waals surface area contributed by atoms with Crippen LogP contribution < -0.4 is 10.2 Å². The molecule has 1 heterocycles. The van der Waals surface area contributed by atoms with E-state index in [0.29, 0.717) is 12.1 Å². The monoisotopic (exact) mass is 246 g/mol. The fraction of sp³-hybridized carbons (Fsp3) is 0.357. The summed E-state index contributed by atoms with van der Waals surface area (Å²) in [5.74, 6) is -0.263. The number of fused-ring (bicyclic) bond motifs is 1. The second kappa shape index (κ2) is 3.92. The molecule has 95 valence electrons. The number of carbonyl (C=O) groups excluding carboxylic acids is 2. The van der Waals surface area contributed by atoms with Gasteiger partial charge in [-0.1, -0.05) is 32.0 Å². The lowest BCUT2D eigenvalue weighted by Crippen LogP contribution is -2.58. The first kappa shape index (κ1) is 12.8. The highest BCUT2D eigenvalue weighted by Crippen LogP contribution is 2.41. The number of quaternary nitrogens is 1. The number of rotatable bonds is 0. The molecule has 1 radical (unpaired) electrons. The molecule has 0 fully saturated rings. The van der Waals surface area contributed by atoms with E-state index in [2.05, 4.69) is 13.8 Å². The Labute approximate surface area is 107 Å². The van der Waals surface area contributed by atoms with Crippen LogP contribution in [0.2, 0.25) is 0 Å². The van der Waals surface area contributed by atoms with Crippen LogP contribution in [0.25, 0.3) is 0 Å². The molecule has 1 atom stereocenters. The van der Waals surface area contributed by atoms with Crippen LogP contribution in [0, 0.1) is 6.42 Å². The quantitative estimate of drug-likeness (QED) is 0.713. The summed E-state index contributed by atoms with van der Waals surface area (Å²) < 4.78 is -0.487. The van der Waals surface area contributed by atoms with E-state index in [1.165, 1.54) is 0 Å². The molecule has 18 heavy (non-hydrogen) atoms. The molecule has 1 aliphatic heterocycles. The zero-order chi connectivity index (χ0) is 13.6. The van der Waals surface area contributed by atoms with E-state index in [0.717, 1.165) is 5.56 Å². The van der Waals surface area contributed by atoms with Gasteiger partial charge in [0.2, 0.25) is 0 Å². The first-order chi connectivity index (χ1) is 8.30. The van der Waals surface area contributed by atoms with Gasteiger partial charge in [0, 0.05) is 11.6 Å². The SMILES string of the molecule is CC1(C)C[CH]C(=O)[N+](C)(C(N)=O)c2ccccc21. The molecule has 1 aliphatic rings. The van der Waals surface area contributed by atoms with Crippen LogP contribution in [0.3, 0.4) is 0 Å². The van der Waals surface area contributed by atoms with Gasteiger partial charge in [0.1, 0.15) is 0 Å². The maximum absolute atomic E-state index is 12.2. The van der Waals surface area contributed by atoms with Gasteiger partial charge in [-0.05, 0) is 11.8 Å². The Bertz CT molecular complexity index is 522. The largest absolute Gasteiger partial charge is 0.426 e. The van der Waals surface area contributed by atoms with Crippen LogP contribution in [-0.4, -0.2) is 19.0 Å². The molecule has 0 saturated carbocycles. The number of hydrogen-bond donors (Lipinski definition) is 1. The Hall–Kier alpha value is -1.68. The lowest BCUT2D eigenvalue weighted by molar-refractivity contribution is -0.123. The molecule has 1 aromatic rings. The van der Waals surface area contributed by atoms with Gasteiger partial charge in [-0.2, -0.15) is 0 Å². The lowest BCUT2D eigenvalue weighted by Gasteiger charge is -2.28. The van der Waals surface area contributed by atoms with Gasteiger partial charge >= 0.3 is 11.9 Å². The highest BCUT2D eigenvalue weighted by atomic mass is 16.2. The van der Waals surface area contributed by atoms with Crippen molar-refractivity contribution in [3.05, 3.63) is 36.2 Å². The van der Waals surface area contributed by atoms with Crippen molar-refractivity contribution in [3.8, 4) is 0 Å². The van der Waals surface area contributed by atoms with Crippen LogP contribution in [0.1, 0.15) is 25.8 Å². The van der Waals surface area contributed by atoms with Gasteiger partial charge in [-0.3, -0.25) is 0 Å². The van der Waals surface area contributed by atoms with Crippen LogP contribution in [0.15, 0.2) is 24.3 Å². The molecule has 2 rings (SSSR count). The Balaban J connectivity index is 2.76. The normalized spacial score (nSPS) is 26.3. The number of carbonyl (C=O) groups is 2. The number of benzene rings is 1. The topological polar surface area (TPSA) is 60.2 Å². The third kappa shape index (κ3) is 1.64. The molecule has 0 aliphatic carbocycles. The Morgan fingerprint density at radius 1 is 1.33 bits per heavy atom. The fourth-order valence-corrected chi connectivity index (χ4v) is 2.42. The van der Waals surface area contributed by atoms with E-state index < -0.39 is 10.5 Å². The van der Waals surface area contributed by atoms with E-state index >= 15 is 0 Å². The molecular formula is C14H18N2O2+. The smallest absolute Gasteiger partial charge is 0.318 e. The number of para-hydroxylation sites is 1. The number of hydrogen-bond acceptors (Lipinski definition) is 2. The molecule has 0 aromatic heterocycles. The number of amides is 3. The predicted octanol–water partition coefficient (Wildman–Crippen LogP) is 2.11. The van der Waals surface area contributed by atoms with Gasteiger partial charge in [-0.15, -0.1) is 4.48 Å². The minimum atomic E-state index is -0.651. The molecular weight excluding hydrogens is 228 g/mol. The third-order valence-corrected chi connectivity index (χ3v) is 3.78. The Morgan fingerprint density at radius 3 is 2.56 bits per heavy atom. The molecule has 0 spiro atoms. The summed E-state index contributed by atoms with van der Waals surface area (Å²) in [5.41, 5.74) is 6.94. The minimum Gasteiger partial charge on any atom is -0.318 e. The van der Waals surface area contributed by atoms with E-state index in [1.54, 1.807) is 19.5 Å². The highest BCUT2D eigenvalue weighted by Gasteiger charge is 2.47. The number of primary amides is 1. The fourth-order valence-electron chi connectivity index (χ4n) is 2.42. The molecule has 1 aromatic carbocycles. The average molecular weight is 246 g/mol. The Kier molecular flexibility index (Phi) is 2.78. The standard InChI is InChI=1S/C14H17N2O2/c1-14(2)9-8-12(17)16(3,13(15)18)11-7-5-4-6-10(11)14/h4-8H,9H2,1-3H3,(H-,15,18)/p+1. The summed E-state index contributed by atoms with van der Waals surface area (Å²) in [6.45, 7) is 4.12. The third-order valence-electron chi connectivity index (χ3n) is 3.78. The summed E-state index contributed by atoms with van der Waals surface area (Å²) in [4.78, 5) is 24.0. The van der Waals surface area contributed by atoms with Crippen molar-refractivity contribution in [1.29, 1.82) is 0 Å². The van der Waals surface area contributed by atoms with Crippen LogP contribution in [0.4, 0.5) is 10.5 Å². The van der Waals surface area contributed by atoms with Gasteiger partial charge in [-0.25, -0.2) is 9.59 Å². The number of urea groups is 1. The average Bonchev–Trinajstić information content (AvgIpc) is 2.41.